The summed E-state index contributed by atoms with van der Waals surface area (Å²) in [6.07, 6.45) is 3.47. The lowest BCUT2D eigenvalue weighted by atomic mass is 10.0. The summed E-state index contributed by atoms with van der Waals surface area (Å²) in [5.74, 6) is 0.536. The maximum atomic E-state index is 11.3. The van der Waals surface area contributed by atoms with Crippen LogP contribution in [0.4, 0.5) is 0 Å². The molecule has 1 heterocycles. The highest BCUT2D eigenvalue weighted by atomic mass is 16.5. The normalized spacial score (nSPS) is 19.3. The minimum Gasteiger partial charge on any atom is -0.485 e. The Labute approximate surface area is 112 Å². The molecule has 0 fully saturated rings. The SMILES string of the molecule is C[C@@H]1Oc2ccccc2C=C1/C=N\NC(=O)[C@@H](C)N. The number of hydrogen-bond acceptors (Lipinski definition) is 4. The molecule has 0 saturated carbocycles. The zero-order chi connectivity index (χ0) is 13.8. The molecule has 5 nitrogen and oxygen atoms in total. The summed E-state index contributed by atoms with van der Waals surface area (Å²) < 4.78 is 5.75. The molecule has 0 unspecified atom stereocenters. The third kappa shape index (κ3) is 3.20. The number of para-hydroxylation sites is 1. The maximum Gasteiger partial charge on any atom is 0.256 e. The first kappa shape index (κ1) is 13.3. The van der Waals surface area contributed by atoms with Crippen LogP contribution >= 0.6 is 0 Å². The molecule has 2 rings (SSSR count). The van der Waals surface area contributed by atoms with Crippen molar-refractivity contribution in [1.29, 1.82) is 0 Å². The second-order valence-electron chi connectivity index (χ2n) is 4.47. The fourth-order valence-corrected chi connectivity index (χ4v) is 1.68. The number of nitrogens with zero attached hydrogens (tertiary/aromatic N) is 1. The standard InChI is InChI=1S/C14H17N3O2/c1-9(15)14(18)17-16-8-12-7-11-5-3-4-6-13(11)19-10(12)2/h3-10H,15H2,1-2H3,(H,17,18)/b16-8-/t9-,10+/m1/s1. The minimum absolute atomic E-state index is 0.106. The first-order valence-corrected chi connectivity index (χ1v) is 6.13. The van der Waals surface area contributed by atoms with E-state index >= 15 is 0 Å². The maximum absolute atomic E-state index is 11.3. The van der Waals surface area contributed by atoms with E-state index in [-0.39, 0.29) is 12.0 Å². The smallest absolute Gasteiger partial charge is 0.256 e. The molecular formula is C14H17N3O2. The van der Waals surface area contributed by atoms with E-state index < -0.39 is 6.04 Å². The highest BCUT2D eigenvalue weighted by molar-refractivity contribution is 5.90. The van der Waals surface area contributed by atoms with Crippen molar-refractivity contribution < 1.29 is 9.53 Å². The van der Waals surface area contributed by atoms with Crippen molar-refractivity contribution >= 4 is 18.2 Å². The molecule has 0 saturated heterocycles. The van der Waals surface area contributed by atoms with E-state index in [0.29, 0.717) is 0 Å². The summed E-state index contributed by atoms with van der Waals surface area (Å²) in [5.41, 5.74) is 9.70. The number of ether oxygens (including phenoxy) is 1. The first-order valence-electron chi connectivity index (χ1n) is 6.13. The Bertz CT molecular complexity index is 535. The monoisotopic (exact) mass is 259 g/mol. The van der Waals surface area contributed by atoms with E-state index in [9.17, 15) is 4.79 Å². The topological polar surface area (TPSA) is 76.7 Å². The lowest BCUT2D eigenvalue weighted by Gasteiger charge is -2.22. The molecule has 2 atom stereocenters. The summed E-state index contributed by atoms with van der Waals surface area (Å²) in [5, 5.41) is 3.89. The van der Waals surface area contributed by atoms with Gasteiger partial charge in [-0.2, -0.15) is 5.10 Å². The Morgan fingerprint density at radius 2 is 2.26 bits per heavy atom. The van der Waals surface area contributed by atoms with Crippen LogP contribution in [0.3, 0.4) is 0 Å². The molecule has 0 spiro atoms. The fourth-order valence-electron chi connectivity index (χ4n) is 1.68. The van der Waals surface area contributed by atoms with Crippen molar-refractivity contribution in [2.45, 2.75) is 26.0 Å². The first-order chi connectivity index (χ1) is 9.08. The van der Waals surface area contributed by atoms with Crippen LogP contribution in [0, 0.1) is 0 Å². The Morgan fingerprint density at radius 1 is 1.53 bits per heavy atom. The Balaban J connectivity index is 2.10. The summed E-state index contributed by atoms with van der Waals surface area (Å²) in [6, 6.07) is 7.19. The van der Waals surface area contributed by atoms with Gasteiger partial charge < -0.3 is 10.5 Å². The van der Waals surface area contributed by atoms with E-state index in [1.54, 1.807) is 13.1 Å². The van der Waals surface area contributed by atoms with E-state index in [0.717, 1.165) is 16.9 Å². The van der Waals surface area contributed by atoms with Crippen LogP contribution in [0.2, 0.25) is 0 Å². The zero-order valence-corrected chi connectivity index (χ0v) is 11.0. The second-order valence-corrected chi connectivity index (χ2v) is 4.47. The van der Waals surface area contributed by atoms with Crippen LogP contribution < -0.4 is 15.9 Å². The number of benzene rings is 1. The predicted molar refractivity (Wildman–Crippen MR) is 74.8 cm³/mol. The van der Waals surface area contributed by atoms with Gasteiger partial charge in [-0.05, 0) is 26.0 Å². The molecule has 0 radical (unpaired) electrons. The molecule has 1 aromatic rings. The number of nitrogens with one attached hydrogen (secondary N) is 1. The van der Waals surface area contributed by atoms with Crippen LogP contribution in [0.15, 0.2) is 34.9 Å². The quantitative estimate of drug-likeness (QED) is 0.634. The van der Waals surface area contributed by atoms with Crippen LogP contribution in [-0.4, -0.2) is 24.3 Å². The zero-order valence-electron chi connectivity index (χ0n) is 11.0. The van der Waals surface area contributed by atoms with Gasteiger partial charge in [-0.25, -0.2) is 5.43 Å². The summed E-state index contributed by atoms with van der Waals surface area (Å²) in [4.78, 5) is 11.3. The highest BCUT2D eigenvalue weighted by Crippen LogP contribution is 2.28. The highest BCUT2D eigenvalue weighted by Gasteiger charge is 2.16. The van der Waals surface area contributed by atoms with E-state index in [4.69, 9.17) is 10.5 Å². The van der Waals surface area contributed by atoms with Gasteiger partial charge in [0.05, 0.1) is 12.3 Å². The van der Waals surface area contributed by atoms with Gasteiger partial charge in [0.2, 0.25) is 0 Å². The molecule has 5 heteroatoms. The molecule has 1 aliphatic rings. The number of nitrogens with two attached hydrogens (primary N) is 1. The molecule has 19 heavy (non-hydrogen) atoms. The number of carbonyl (C=O) groups excluding carboxylic acids is 1. The van der Waals surface area contributed by atoms with E-state index in [2.05, 4.69) is 10.5 Å². The number of hydrazone groups is 1. The van der Waals surface area contributed by atoms with Gasteiger partial charge >= 0.3 is 0 Å². The number of hydrogen-bond donors (Lipinski definition) is 2. The van der Waals surface area contributed by atoms with Crippen molar-refractivity contribution in [3.05, 3.63) is 35.4 Å². The van der Waals surface area contributed by atoms with Crippen LogP contribution in [0.1, 0.15) is 19.4 Å². The van der Waals surface area contributed by atoms with Crippen molar-refractivity contribution in [2.75, 3.05) is 0 Å². The summed E-state index contributed by atoms with van der Waals surface area (Å²) in [7, 11) is 0. The third-order valence-corrected chi connectivity index (χ3v) is 2.82. The summed E-state index contributed by atoms with van der Waals surface area (Å²) >= 11 is 0. The van der Waals surface area contributed by atoms with Crippen LogP contribution in [0.5, 0.6) is 5.75 Å². The Kier molecular flexibility index (Phi) is 3.97. The minimum atomic E-state index is -0.577. The predicted octanol–water partition coefficient (Wildman–Crippen LogP) is 1.30. The van der Waals surface area contributed by atoms with Gasteiger partial charge in [0.25, 0.3) is 5.91 Å². The molecular weight excluding hydrogens is 242 g/mol. The molecule has 1 amide bonds. The van der Waals surface area contributed by atoms with Crippen LogP contribution in [-0.2, 0) is 4.79 Å². The van der Waals surface area contributed by atoms with Gasteiger partial charge in [0.1, 0.15) is 11.9 Å². The number of rotatable bonds is 3. The molecule has 3 N–H and O–H groups in total. The largest absolute Gasteiger partial charge is 0.485 e. The molecule has 100 valence electrons. The average molecular weight is 259 g/mol. The number of fused-ring (bicyclic) bond motifs is 1. The Morgan fingerprint density at radius 3 is 3.00 bits per heavy atom. The van der Waals surface area contributed by atoms with E-state index in [1.807, 2.05) is 37.3 Å². The van der Waals surface area contributed by atoms with Gasteiger partial charge in [-0.1, -0.05) is 18.2 Å². The van der Waals surface area contributed by atoms with Crippen molar-refractivity contribution in [1.82, 2.24) is 5.43 Å². The Hall–Kier alpha value is -2.14. The lowest BCUT2D eigenvalue weighted by Crippen LogP contribution is -2.35. The van der Waals surface area contributed by atoms with Gasteiger partial charge in [0.15, 0.2) is 0 Å². The third-order valence-electron chi connectivity index (χ3n) is 2.82. The van der Waals surface area contributed by atoms with Crippen molar-refractivity contribution in [2.24, 2.45) is 10.8 Å². The van der Waals surface area contributed by atoms with E-state index in [1.165, 1.54) is 0 Å². The van der Waals surface area contributed by atoms with Crippen LogP contribution in [0.25, 0.3) is 6.08 Å². The lowest BCUT2D eigenvalue weighted by molar-refractivity contribution is -0.121. The van der Waals surface area contributed by atoms with Gasteiger partial charge in [-0.3, -0.25) is 4.79 Å². The van der Waals surface area contributed by atoms with Crippen molar-refractivity contribution in [3.8, 4) is 5.75 Å². The number of amides is 1. The molecule has 0 bridgehead atoms. The second kappa shape index (κ2) is 5.67. The average Bonchev–Trinajstić information content (AvgIpc) is 2.39. The molecule has 1 aliphatic heterocycles. The summed E-state index contributed by atoms with van der Waals surface area (Å²) in [6.45, 7) is 3.54. The molecule has 1 aromatic carbocycles. The van der Waals surface area contributed by atoms with Gasteiger partial charge in [0, 0.05) is 11.1 Å². The molecule has 0 aliphatic carbocycles. The van der Waals surface area contributed by atoms with Crippen molar-refractivity contribution in [3.63, 3.8) is 0 Å². The fraction of sp³-hybridized carbons (Fsp3) is 0.286. The van der Waals surface area contributed by atoms with Gasteiger partial charge in [-0.15, -0.1) is 0 Å². The molecule has 0 aromatic heterocycles. The number of carbonyl (C=O) groups is 1.